The molecule has 10 heteroatoms. The Hall–Kier alpha value is -2.91. The minimum absolute atomic E-state index is 0.266. The number of aryl methyl sites for hydroxylation is 1. The third-order valence-corrected chi connectivity index (χ3v) is 5.98. The van der Waals surface area contributed by atoms with Crippen LogP contribution in [0, 0.1) is 6.92 Å². The molecule has 3 rings (SSSR count). The lowest BCUT2D eigenvalue weighted by Crippen LogP contribution is -2.25. The Kier molecular flexibility index (Phi) is 7.87. The van der Waals surface area contributed by atoms with Gasteiger partial charge in [-0.2, -0.15) is 0 Å². The van der Waals surface area contributed by atoms with Crippen molar-refractivity contribution in [3.05, 3.63) is 52.5 Å². The van der Waals surface area contributed by atoms with Crippen molar-refractivity contribution < 1.29 is 23.8 Å². The molecule has 1 N–H and O–H groups in total. The van der Waals surface area contributed by atoms with Crippen LogP contribution in [-0.4, -0.2) is 42.3 Å². The third kappa shape index (κ3) is 5.86. The number of carbonyl (C=O) groups is 2. The second kappa shape index (κ2) is 10.6. The number of amidine groups is 1. The van der Waals surface area contributed by atoms with Crippen LogP contribution in [0.25, 0.3) is 0 Å². The molecule has 0 spiro atoms. The van der Waals surface area contributed by atoms with Crippen molar-refractivity contribution in [1.82, 2.24) is 10.3 Å². The highest BCUT2D eigenvalue weighted by Gasteiger charge is 2.34. The number of nitrogens with one attached hydrogen (secondary N) is 1. The van der Waals surface area contributed by atoms with Crippen molar-refractivity contribution in [2.75, 3.05) is 20.3 Å². The van der Waals surface area contributed by atoms with Gasteiger partial charge in [-0.1, -0.05) is 23.4 Å². The monoisotopic (exact) mass is 477 g/mol. The Morgan fingerprint density at radius 2 is 1.84 bits per heavy atom. The van der Waals surface area contributed by atoms with Gasteiger partial charge in [0.1, 0.15) is 35.8 Å². The number of amides is 2. The second-order valence-electron chi connectivity index (χ2n) is 6.93. The van der Waals surface area contributed by atoms with Gasteiger partial charge in [0, 0.05) is 24.4 Å². The highest BCUT2D eigenvalue weighted by atomic mass is 35.5. The average Bonchev–Trinajstić information content (AvgIpc) is 3.17. The minimum Gasteiger partial charge on any atom is -0.497 e. The quantitative estimate of drug-likeness (QED) is 0.603. The standard InChI is InChI=1S/C22H24ClN3O5S/c1-13-11-17(5-7-19(13)23)30-9-10-31-20-8-6-16(29-4)12-18(20)21-26(15(3)28)25-22(32-21)24-14(2)27/h5-8,11-12,21H,9-10H2,1-4H3,(H,24,25,27)/t21-/m0/s1. The molecule has 0 fully saturated rings. The zero-order valence-corrected chi connectivity index (χ0v) is 19.7. The summed E-state index contributed by atoms with van der Waals surface area (Å²) < 4.78 is 17.1. The molecule has 8 nitrogen and oxygen atoms in total. The second-order valence-corrected chi connectivity index (χ2v) is 8.41. The summed E-state index contributed by atoms with van der Waals surface area (Å²) in [5.74, 6) is 1.34. The first-order valence-electron chi connectivity index (χ1n) is 9.81. The van der Waals surface area contributed by atoms with Gasteiger partial charge < -0.3 is 19.5 Å². The number of thioether (sulfide) groups is 1. The highest BCUT2D eigenvalue weighted by molar-refractivity contribution is 8.14. The summed E-state index contributed by atoms with van der Waals surface area (Å²) in [7, 11) is 1.56. The molecule has 1 aliphatic rings. The number of rotatable bonds is 7. The average molecular weight is 478 g/mol. The molecule has 0 aliphatic carbocycles. The van der Waals surface area contributed by atoms with Crippen LogP contribution < -0.4 is 19.5 Å². The lowest BCUT2D eigenvalue weighted by Gasteiger charge is -2.22. The molecule has 170 valence electrons. The van der Waals surface area contributed by atoms with Crippen LogP contribution in [0.1, 0.15) is 30.3 Å². The van der Waals surface area contributed by atoms with Crippen LogP contribution in [-0.2, 0) is 9.59 Å². The predicted molar refractivity (Wildman–Crippen MR) is 124 cm³/mol. The van der Waals surface area contributed by atoms with E-state index in [1.54, 1.807) is 37.4 Å². The van der Waals surface area contributed by atoms with Gasteiger partial charge >= 0.3 is 0 Å². The maximum atomic E-state index is 12.2. The van der Waals surface area contributed by atoms with Crippen LogP contribution in [0.15, 0.2) is 41.5 Å². The summed E-state index contributed by atoms with van der Waals surface area (Å²) in [6.07, 6.45) is 0. The number of methoxy groups -OCH3 is 1. The molecule has 32 heavy (non-hydrogen) atoms. The van der Waals surface area contributed by atoms with Gasteiger partial charge in [-0.05, 0) is 48.9 Å². The number of nitrogens with zero attached hydrogens (tertiary/aromatic N) is 2. The first kappa shape index (κ1) is 23.7. The molecule has 2 amide bonds. The molecule has 1 atom stereocenters. The summed E-state index contributed by atoms with van der Waals surface area (Å²) in [6, 6.07) is 10.8. The maximum Gasteiger partial charge on any atom is 0.241 e. The summed E-state index contributed by atoms with van der Waals surface area (Å²) >= 11 is 7.29. The molecule has 0 unspecified atom stereocenters. The molecule has 2 aromatic rings. The van der Waals surface area contributed by atoms with Gasteiger partial charge in [-0.25, -0.2) is 5.01 Å². The number of benzene rings is 2. The lowest BCUT2D eigenvalue weighted by atomic mass is 10.1. The van der Waals surface area contributed by atoms with Gasteiger partial charge in [-0.15, -0.1) is 5.10 Å². The number of hydrogen-bond donors (Lipinski definition) is 1. The fourth-order valence-electron chi connectivity index (χ4n) is 2.96. The molecular formula is C22H24ClN3O5S. The van der Waals surface area contributed by atoms with E-state index in [4.69, 9.17) is 25.8 Å². The van der Waals surface area contributed by atoms with E-state index >= 15 is 0 Å². The number of carbonyl (C=O) groups excluding carboxylic acids is 2. The number of halogens is 1. The van der Waals surface area contributed by atoms with E-state index in [-0.39, 0.29) is 18.4 Å². The van der Waals surface area contributed by atoms with E-state index in [1.807, 2.05) is 13.0 Å². The fourth-order valence-corrected chi connectivity index (χ4v) is 4.23. The molecule has 0 saturated carbocycles. The summed E-state index contributed by atoms with van der Waals surface area (Å²) in [6.45, 7) is 5.30. The Morgan fingerprint density at radius 1 is 1.12 bits per heavy atom. The molecule has 1 aliphatic heterocycles. The van der Waals surface area contributed by atoms with Gasteiger partial charge in [0.15, 0.2) is 5.17 Å². The van der Waals surface area contributed by atoms with Gasteiger partial charge in [0.2, 0.25) is 11.8 Å². The number of hydrazone groups is 1. The number of ether oxygens (including phenoxy) is 3. The van der Waals surface area contributed by atoms with Gasteiger partial charge in [-0.3, -0.25) is 9.59 Å². The van der Waals surface area contributed by atoms with Crippen molar-refractivity contribution in [3.8, 4) is 17.2 Å². The Bertz CT molecular complexity index is 1050. The minimum atomic E-state index is -0.515. The Balaban J connectivity index is 1.74. The van der Waals surface area contributed by atoms with Crippen LogP contribution in [0.2, 0.25) is 5.02 Å². The Labute approximate surface area is 195 Å². The van der Waals surface area contributed by atoms with E-state index in [1.165, 1.54) is 30.6 Å². The first-order chi connectivity index (χ1) is 15.3. The molecule has 1 heterocycles. The summed E-state index contributed by atoms with van der Waals surface area (Å²) in [5.41, 5.74) is 1.62. The molecule has 0 bridgehead atoms. The smallest absolute Gasteiger partial charge is 0.241 e. The first-order valence-corrected chi connectivity index (χ1v) is 11.1. The van der Waals surface area contributed by atoms with Crippen molar-refractivity contribution in [2.45, 2.75) is 26.1 Å². The van der Waals surface area contributed by atoms with Crippen molar-refractivity contribution in [3.63, 3.8) is 0 Å². The van der Waals surface area contributed by atoms with Crippen LogP contribution in [0.4, 0.5) is 0 Å². The zero-order valence-electron chi connectivity index (χ0n) is 18.2. The topological polar surface area (TPSA) is 89.5 Å². The molecular weight excluding hydrogens is 454 g/mol. The van der Waals surface area contributed by atoms with Crippen LogP contribution in [0.5, 0.6) is 17.2 Å². The SMILES string of the molecule is COc1ccc(OCCOc2ccc(Cl)c(C)c2)c([C@@H]2SC(NC(C)=O)=NN2C(C)=O)c1. The van der Waals surface area contributed by atoms with Gasteiger partial charge in [0.25, 0.3) is 0 Å². The predicted octanol–water partition coefficient (Wildman–Crippen LogP) is 4.12. The summed E-state index contributed by atoms with van der Waals surface area (Å²) in [5, 5.41) is 8.68. The zero-order chi connectivity index (χ0) is 23.3. The van der Waals surface area contributed by atoms with E-state index in [0.29, 0.717) is 39.6 Å². The van der Waals surface area contributed by atoms with E-state index in [0.717, 1.165) is 5.56 Å². The van der Waals surface area contributed by atoms with Crippen molar-refractivity contribution >= 4 is 40.3 Å². The Morgan fingerprint density at radius 3 is 2.50 bits per heavy atom. The van der Waals surface area contributed by atoms with E-state index < -0.39 is 5.37 Å². The van der Waals surface area contributed by atoms with Crippen molar-refractivity contribution in [1.29, 1.82) is 0 Å². The van der Waals surface area contributed by atoms with Crippen LogP contribution >= 0.6 is 23.4 Å². The van der Waals surface area contributed by atoms with E-state index in [9.17, 15) is 9.59 Å². The van der Waals surface area contributed by atoms with Crippen LogP contribution in [0.3, 0.4) is 0 Å². The molecule has 0 saturated heterocycles. The fraction of sp³-hybridized carbons (Fsp3) is 0.318. The normalized spacial score (nSPS) is 15.2. The molecule has 0 radical (unpaired) electrons. The number of hydrogen-bond acceptors (Lipinski definition) is 7. The van der Waals surface area contributed by atoms with Gasteiger partial charge in [0.05, 0.1) is 7.11 Å². The maximum absolute atomic E-state index is 12.2. The molecule has 2 aromatic carbocycles. The molecule has 0 aromatic heterocycles. The highest BCUT2D eigenvalue weighted by Crippen LogP contribution is 2.43. The third-order valence-electron chi connectivity index (χ3n) is 4.47. The van der Waals surface area contributed by atoms with Crippen molar-refractivity contribution in [2.24, 2.45) is 5.10 Å². The largest absolute Gasteiger partial charge is 0.497 e. The van der Waals surface area contributed by atoms with E-state index in [2.05, 4.69) is 10.4 Å². The lowest BCUT2D eigenvalue weighted by molar-refractivity contribution is -0.129. The summed E-state index contributed by atoms with van der Waals surface area (Å²) in [4.78, 5) is 23.6.